The number of anilines is 1. The number of imidazole rings is 1. The van der Waals surface area contributed by atoms with Gasteiger partial charge in [-0.2, -0.15) is 0 Å². The molecule has 0 spiro atoms. The third-order valence-electron chi connectivity index (χ3n) is 6.72. The number of hydrogen-bond acceptors (Lipinski definition) is 5. The summed E-state index contributed by atoms with van der Waals surface area (Å²) in [5, 5.41) is 3.03. The molecule has 4 rings (SSSR count). The lowest BCUT2D eigenvalue weighted by molar-refractivity contribution is -0.121. The van der Waals surface area contributed by atoms with Crippen molar-refractivity contribution >= 4 is 22.6 Å². The Bertz CT molecular complexity index is 1160. The Morgan fingerprint density at radius 1 is 0.914 bits per heavy atom. The van der Waals surface area contributed by atoms with Gasteiger partial charge >= 0.3 is 5.69 Å². The highest BCUT2D eigenvalue weighted by molar-refractivity contribution is 5.78. The smallest absolute Gasteiger partial charge is 0.329 e. The van der Waals surface area contributed by atoms with Gasteiger partial charge in [-0.15, -0.1) is 0 Å². The van der Waals surface area contributed by atoms with Crippen LogP contribution in [0.3, 0.4) is 0 Å². The van der Waals surface area contributed by atoms with Crippen LogP contribution in [0.4, 0.5) is 5.69 Å². The van der Waals surface area contributed by atoms with Gasteiger partial charge in [-0.05, 0) is 55.8 Å². The molecule has 188 valence electrons. The average molecular weight is 480 g/mol. The molecule has 1 N–H and O–H groups in total. The van der Waals surface area contributed by atoms with E-state index in [-0.39, 0.29) is 11.6 Å². The van der Waals surface area contributed by atoms with Crippen molar-refractivity contribution in [3.05, 3.63) is 59.0 Å². The molecular formula is C27H37N5O3. The highest BCUT2D eigenvalue weighted by atomic mass is 16.5. The van der Waals surface area contributed by atoms with Gasteiger partial charge in [0, 0.05) is 57.9 Å². The highest BCUT2D eigenvalue weighted by Gasteiger charge is 2.17. The van der Waals surface area contributed by atoms with Crippen LogP contribution in [0.1, 0.15) is 26.2 Å². The summed E-state index contributed by atoms with van der Waals surface area (Å²) in [6, 6.07) is 16.0. The van der Waals surface area contributed by atoms with Crippen LogP contribution in [-0.2, 0) is 17.9 Å². The molecule has 0 radical (unpaired) electrons. The quantitative estimate of drug-likeness (QED) is 0.428. The third-order valence-corrected chi connectivity index (χ3v) is 6.72. The van der Waals surface area contributed by atoms with E-state index in [1.54, 1.807) is 11.7 Å². The van der Waals surface area contributed by atoms with Gasteiger partial charge in [0.1, 0.15) is 5.75 Å². The first kappa shape index (κ1) is 24.9. The van der Waals surface area contributed by atoms with Gasteiger partial charge in [-0.3, -0.25) is 18.8 Å². The van der Waals surface area contributed by atoms with Crippen LogP contribution in [0.5, 0.6) is 5.75 Å². The predicted molar refractivity (Wildman–Crippen MR) is 140 cm³/mol. The number of benzene rings is 2. The second-order valence-corrected chi connectivity index (χ2v) is 9.05. The summed E-state index contributed by atoms with van der Waals surface area (Å²) in [4.78, 5) is 30.1. The number of aromatic nitrogens is 2. The molecule has 1 saturated heterocycles. The lowest BCUT2D eigenvalue weighted by Gasteiger charge is -2.36. The van der Waals surface area contributed by atoms with E-state index in [0.717, 1.165) is 62.3 Å². The molecule has 2 heterocycles. The molecule has 1 amide bonds. The number of rotatable bonds is 11. The molecule has 0 atom stereocenters. The van der Waals surface area contributed by atoms with Crippen LogP contribution in [-0.4, -0.2) is 66.3 Å². The fraction of sp³-hybridized carbons (Fsp3) is 0.481. The van der Waals surface area contributed by atoms with Crippen LogP contribution in [0.15, 0.2) is 53.3 Å². The monoisotopic (exact) mass is 479 g/mol. The first-order valence-electron chi connectivity index (χ1n) is 12.7. The summed E-state index contributed by atoms with van der Waals surface area (Å²) >= 11 is 0. The lowest BCUT2D eigenvalue weighted by Crippen LogP contribution is -2.47. The van der Waals surface area contributed by atoms with Crippen LogP contribution >= 0.6 is 0 Å². The number of nitrogens with one attached hydrogen (secondary N) is 1. The Morgan fingerprint density at radius 3 is 2.20 bits per heavy atom. The highest BCUT2D eigenvalue weighted by Crippen LogP contribution is 2.20. The summed E-state index contributed by atoms with van der Waals surface area (Å²) in [5.41, 5.74) is 3.03. The maximum atomic E-state index is 12.8. The molecule has 1 fully saturated rings. The van der Waals surface area contributed by atoms with Crippen LogP contribution in [0, 0.1) is 0 Å². The van der Waals surface area contributed by atoms with E-state index in [1.165, 1.54) is 5.69 Å². The zero-order valence-corrected chi connectivity index (χ0v) is 20.9. The van der Waals surface area contributed by atoms with Crippen LogP contribution in [0.2, 0.25) is 0 Å². The van der Waals surface area contributed by atoms with Crippen molar-refractivity contribution in [1.29, 1.82) is 0 Å². The van der Waals surface area contributed by atoms with Gasteiger partial charge in [0.05, 0.1) is 18.1 Å². The van der Waals surface area contributed by atoms with Gasteiger partial charge < -0.3 is 15.0 Å². The summed E-state index contributed by atoms with van der Waals surface area (Å²) in [7, 11) is 1.69. The van der Waals surface area contributed by atoms with E-state index in [9.17, 15) is 9.59 Å². The number of piperazine rings is 1. The Labute approximate surface area is 207 Å². The molecule has 2 aromatic carbocycles. The number of carbonyl (C=O) groups is 1. The standard InChI is InChI=1S/C27H37N5O3/c1-3-15-31-24-7-4-5-8-25(24)32(27(31)34)17-13-26(33)28-14-6-16-29-18-20-30(21-19-29)22-9-11-23(35-2)12-10-22/h4-5,7-12H,3,6,13-21H2,1-2H3,(H,28,33). The number of carbonyl (C=O) groups excluding carboxylic acids is 1. The first-order chi connectivity index (χ1) is 17.1. The molecule has 1 aliphatic heterocycles. The van der Waals surface area contributed by atoms with Crippen molar-refractivity contribution in [2.24, 2.45) is 0 Å². The Morgan fingerprint density at radius 2 is 1.57 bits per heavy atom. The van der Waals surface area contributed by atoms with E-state index < -0.39 is 0 Å². The minimum absolute atomic E-state index is 0.00597. The first-order valence-corrected chi connectivity index (χ1v) is 12.7. The summed E-state index contributed by atoms with van der Waals surface area (Å²) in [5.74, 6) is 0.873. The van der Waals surface area contributed by atoms with Crippen molar-refractivity contribution in [3.8, 4) is 5.75 Å². The maximum Gasteiger partial charge on any atom is 0.329 e. The second kappa shape index (κ2) is 11.9. The van der Waals surface area contributed by atoms with E-state index in [2.05, 4.69) is 34.2 Å². The van der Waals surface area contributed by atoms with Crippen molar-refractivity contribution < 1.29 is 9.53 Å². The minimum atomic E-state index is -0.0327. The Balaban J connectivity index is 1.17. The molecule has 0 aliphatic carbocycles. The van der Waals surface area contributed by atoms with Crippen LogP contribution < -0.4 is 20.6 Å². The SMILES string of the molecule is CCCn1c(=O)n(CCC(=O)NCCCN2CCN(c3ccc(OC)cc3)CC2)c2ccccc21. The van der Waals surface area contributed by atoms with Gasteiger partial charge in [0.15, 0.2) is 0 Å². The zero-order valence-electron chi connectivity index (χ0n) is 20.9. The van der Waals surface area contributed by atoms with E-state index in [0.29, 0.717) is 26.1 Å². The van der Waals surface area contributed by atoms with Gasteiger partial charge in [-0.1, -0.05) is 19.1 Å². The number of hydrogen-bond donors (Lipinski definition) is 1. The molecule has 1 aromatic heterocycles. The van der Waals surface area contributed by atoms with Gasteiger partial charge in [0.2, 0.25) is 5.91 Å². The molecule has 3 aromatic rings. The van der Waals surface area contributed by atoms with E-state index in [1.807, 2.05) is 41.0 Å². The molecule has 0 unspecified atom stereocenters. The molecule has 35 heavy (non-hydrogen) atoms. The predicted octanol–water partition coefficient (Wildman–Crippen LogP) is 2.94. The largest absolute Gasteiger partial charge is 0.497 e. The normalized spacial score (nSPS) is 14.4. The molecule has 0 saturated carbocycles. The van der Waals surface area contributed by atoms with Gasteiger partial charge in [-0.25, -0.2) is 4.79 Å². The maximum absolute atomic E-state index is 12.8. The lowest BCUT2D eigenvalue weighted by atomic mass is 10.2. The topological polar surface area (TPSA) is 71.7 Å². The number of amides is 1. The molecule has 1 aliphatic rings. The zero-order chi connectivity index (χ0) is 24.6. The second-order valence-electron chi connectivity index (χ2n) is 9.05. The molecular weight excluding hydrogens is 442 g/mol. The Kier molecular flexibility index (Phi) is 8.47. The number of methoxy groups -OCH3 is 1. The van der Waals surface area contributed by atoms with Crippen LogP contribution in [0.25, 0.3) is 11.0 Å². The molecule has 8 nitrogen and oxygen atoms in total. The van der Waals surface area contributed by atoms with E-state index >= 15 is 0 Å². The van der Waals surface area contributed by atoms with Crippen molar-refractivity contribution in [1.82, 2.24) is 19.4 Å². The summed E-state index contributed by atoms with van der Waals surface area (Å²) in [6.07, 6.45) is 2.12. The molecule has 0 bridgehead atoms. The fourth-order valence-corrected chi connectivity index (χ4v) is 4.78. The van der Waals surface area contributed by atoms with Gasteiger partial charge in [0.25, 0.3) is 0 Å². The minimum Gasteiger partial charge on any atom is -0.497 e. The molecule has 8 heteroatoms. The summed E-state index contributed by atoms with van der Waals surface area (Å²) in [6.45, 7) is 8.81. The third kappa shape index (κ3) is 6.06. The summed E-state index contributed by atoms with van der Waals surface area (Å²) < 4.78 is 8.78. The number of aryl methyl sites for hydroxylation is 2. The number of para-hydroxylation sites is 2. The van der Waals surface area contributed by atoms with E-state index in [4.69, 9.17) is 4.74 Å². The number of fused-ring (bicyclic) bond motifs is 1. The van der Waals surface area contributed by atoms with Crippen molar-refractivity contribution in [2.45, 2.75) is 39.3 Å². The fourth-order valence-electron chi connectivity index (χ4n) is 4.78. The number of nitrogens with zero attached hydrogens (tertiary/aromatic N) is 4. The average Bonchev–Trinajstić information content (AvgIpc) is 3.16. The number of ether oxygens (including phenoxy) is 1. The van der Waals surface area contributed by atoms with Crippen molar-refractivity contribution in [3.63, 3.8) is 0 Å². The van der Waals surface area contributed by atoms with Crippen molar-refractivity contribution in [2.75, 3.05) is 51.3 Å². The Hall–Kier alpha value is -3.26.